The number of fused-ring (bicyclic) bond motifs is 2. The Hall–Kier alpha value is -2.32. The van der Waals surface area contributed by atoms with E-state index in [1.807, 2.05) is 17.0 Å². The summed E-state index contributed by atoms with van der Waals surface area (Å²) < 4.78 is 1.84. The van der Waals surface area contributed by atoms with E-state index in [1.54, 1.807) is 11.1 Å². The zero-order valence-electron chi connectivity index (χ0n) is 20.3. The standard InChI is InChI=1S/C27H32BrClN4O3/c28-21-14-20-2-1-19-15-22(29)3-4-23(19)25(26(20)33(36)16-21)18-7-11-31(12-8-18)24(34)13-17-5-9-32(10-6-17)27(30)35/h3-4,14-18,25H,1-2,5-13H2,(H2,30,35)/t25-/m1/s1. The van der Waals surface area contributed by atoms with Crippen molar-refractivity contribution in [2.75, 3.05) is 26.2 Å². The number of piperidine rings is 2. The fraction of sp³-hybridized carbons (Fsp3) is 0.519. The summed E-state index contributed by atoms with van der Waals surface area (Å²) in [6, 6.07) is 7.76. The molecule has 2 fully saturated rings. The lowest BCUT2D eigenvalue weighted by molar-refractivity contribution is -0.616. The van der Waals surface area contributed by atoms with Crippen LogP contribution in [0.15, 0.2) is 34.9 Å². The van der Waals surface area contributed by atoms with Crippen molar-refractivity contribution < 1.29 is 14.3 Å². The number of amides is 3. The summed E-state index contributed by atoms with van der Waals surface area (Å²) in [5.41, 5.74) is 9.70. The third kappa shape index (κ3) is 5.21. The Bertz CT molecular complexity index is 1160. The van der Waals surface area contributed by atoms with Crippen molar-refractivity contribution in [1.29, 1.82) is 0 Å². The number of nitrogens with zero attached hydrogens (tertiary/aromatic N) is 3. The largest absolute Gasteiger partial charge is 0.618 e. The molecule has 1 aliphatic carbocycles. The number of carbonyl (C=O) groups is 2. The Labute approximate surface area is 225 Å². The number of aromatic nitrogens is 1. The second-order valence-electron chi connectivity index (χ2n) is 10.4. The van der Waals surface area contributed by atoms with Crippen molar-refractivity contribution in [1.82, 2.24) is 9.80 Å². The molecule has 3 amide bonds. The van der Waals surface area contributed by atoms with Crippen LogP contribution in [0.2, 0.25) is 5.02 Å². The number of carbonyl (C=O) groups excluding carboxylic acids is 2. The van der Waals surface area contributed by atoms with Crippen molar-refractivity contribution in [2.24, 2.45) is 17.6 Å². The number of pyridine rings is 1. The third-order valence-corrected chi connectivity index (χ3v) is 8.94. The molecule has 2 aliphatic heterocycles. The summed E-state index contributed by atoms with van der Waals surface area (Å²) in [5.74, 6) is 0.748. The molecular weight excluding hydrogens is 544 g/mol. The second kappa shape index (κ2) is 10.6. The molecule has 1 aromatic carbocycles. The van der Waals surface area contributed by atoms with Crippen LogP contribution in [0.25, 0.3) is 0 Å². The molecule has 7 nitrogen and oxygen atoms in total. The Balaban J connectivity index is 1.31. The van der Waals surface area contributed by atoms with Crippen LogP contribution >= 0.6 is 27.5 Å². The molecule has 3 aliphatic rings. The number of rotatable bonds is 3. The zero-order valence-corrected chi connectivity index (χ0v) is 22.6. The zero-order chi connectivity index (χ0) is 25.4. The van der Waals surface area contributed by atoms with Gasteiger partial charge in [-0.15, -0.1) is 0 Å². The molecule has 0 radical (unpaired) electrons. The van der Waals surface area contributed by atoms with Gasteiger partial charge in [0.2, 0.25) is 11.6 Å². The summed E-state index contributed by atoms with van der Waals surface area (Å²) in [7, 11) is 0. The van der Waals surface area contributed by atoms with Crippen LogP contribution in [0, 0.1) is 17.0 Å². The van der Waals surface area contributed by atoms with Gasteiger partial charge in [0.15, 0.2) is 6.20 Å². The Kier molecular flexibility index (Phi) is 7.45. The molecule has 2 N–H and O–H groups in total. The quantitative estimate of drug-likeness (QED) is 0.435. The molecule has 0 bridgehead atoms. The minimum atomic E-state index is -0.377. The maximum absolute atomic E-state index is 13.2. The maximum atomic E-state index is 13.2. The lowest BCUT2D eigenvalue weighted by Gasteiger charge is -2.37. The second-order valence-corrected chi connectivity index (χ2v) is 11.8. The fourth-order valence-electron chi connectivity index (χ4n) is 6.34. The number of urea groups is 1. The smallest absolute Gasteiger partial charge is 0.314 e. The normalized spacial score (nSPS) is 21.0. The number of benzene rings is 1. The van der Waals surface area contributed by atoms with E-state index in [9.17, 15) is 14.8 Å². The highest BCUT2D eigenvalue weighted by molar-refractivity contribution is 9.10. The maximum Gasteiger partial charge on any atom is 0.314 e. The van der Waals surface area contributed by atoms with Gasteiger partial charge in [-0.1, -0.05) is 17.7 Å². The molecule has 1 aromatic heterocycles. The molecule has 5 rings (SSSR count). The van der Waals surface area contributed by atoms with Crippen LogP contribution in [0.5, 0.6) is 0 Å². The first-order valence-corrected chi connectivity index (χ1v) is 14.0. The van der Waals surface area contributed by atoms with E-state index < -0.39 is 0 Å². The minimum Gasteiger partial charge on any atom is -0.618 e. The van der Waals surface area contributed by atoms with E-state index in [1.165, 1.54) is 11.1 Å². The highest BCUT2D eigenvalue weighted by Crippen LogP contribution is 2.43. The molecule has 2 aromatic rings. The summed E-state index contributed by atoms with van der Waals surface area (Å²) in [6.45, 7) is 2.66. The average Bonchev–Trinajstić information content (AvgIpc) is 3.01. The highest BCUT2D eigenvalue weighted by atomic mass is 79.9. The van der Waals surface area contributed by atoms with Gasteiger partial charge in [0, 0.05) is 43.2 Å². The number of aryl methyl sites for hydroxylation is 2. The Morgan fingerprint density at radius 1 is 1.03 bits per heavy atom. The first-order valence-electron chi connectivity index (χ1n) is 12.8. The lowest BCUT2D eigenvalue weighted by Crippen LogP contribution is -2.44. The molecule has 0 unspecified atom stereocenters. The first kappa shape index (κ1) is 25.3. The highest BCUT2D eigenvalue weighted by Gasteiger charge is 2.39. The van der Waals surface area contributed by atoms with Crippen LogP contribution in [-0.4, -0.2) is 47.9 Å². The van der Waals surface area contributed by atoms with E-state index in [0.717, 1.165) is 64.0 Å². The fourth-order valence-corrected chi connectivity index (χ4v) is 7.00. The third-order valence-electron chi connectivity index (χ3n) is 8.27. The monoisotopic (exact) mass is 574 g/mol. The van der Waals surface area contributed by atoms with E-state index in [0.29, 0.717) is 38.5 Å². The molecular formula is C27H32BrClN4O3. The predicted octanol–water partition coefficient (Wildman–Crippen LogP) is 4.39. The van der Waals surface area contributed by atoms with Crippen LogP contribution < -0.4 is 10.5 Å². The SMILES string of the molecule is NC(=O)N1CCC(CC(=O)N2CCC([C@@H]3c4ccc(Cl)cc4CCc4cc(Br)c[n+]([O-])c43)CC2)CC1. The predicted molar refractivity (Wildman–Crippen MR) is 142 cm³/mol. The van der Waals surface area contributed by atoms with Gasteiger partial charge in [-0.2, -0.15) is 4.73 Å². The topological polar surface area (TPSA) is 93.6 Å². The molecule has 192 valence electrons. The Morgan fingerprint density at radius 3 is 2.39 bits per heavy atom. The van der Waals surface area contributed by atoms with E-state index in [4.69, 9.17) is 17.3 Å². The van der Waals surface area contributed by atoms with Gasteiger partial charge < -0.3 is 20.7 Å². The molecule has 36 heavy (non-hydrogen) atoms. The van der Waals surface area contributed by atoms with Gasteiger partial charge in [0.25, 0.3) is 0 Å². The number of likely N-dealkylation sites (tertiary alicyclic amines) is 2. The average molecular weight is 576 g/mol. The summed E-state index contributed by atoms with van der Waals surface area (Å²) >= 11 is 9.84. The summed E-state index contributed by atoms with van der Waals surface area (Å²) in [6.07, 6.45) is 7.13. The van der Waals surface area contributed by atoms with Crippen molar-refractivity contribution >= 4 is 39.5 Å². The summed E-state index contributed by atoms with van der Waals surface area (Å²) in [4.78, 5) is 28.1. The number of halogens is 2. The van der Waals surface area contributed by atoms with Gasteiger partial charge >= 0.3 is 6.03 Å². The van der Waals surface area contributed by atoms with E-state index >= 15 is 0 Å². The number of hydrogen-bond acceptors (Lipinski definition) is 3. The van der Waals surface area contributed by atoms with E-state index in [2.05, 4.69) is 28.1 Å². The van der Waals surface area contributed by atoms with Crippen molar-refractivity contribution in [3.63, 3.8) is 0 Å². The van der Waals surface area contributed by atoms with Crippen molar-refractivity contribution in [3.05, 3.63) is 67.5 Å². The van der Waals surface area contributed by atoms with E-state index in [-0.39, 0.29) is 23.8 Å². The first-order chi connectivity index (χ1) is 17.3. The molecule has 2 saturated heterocycles. The number of primary amides is 1. The van der Waals surface area contributed by atoms with Gasteiger partial charge in [-0.25, -0.2) is 4.79 Å². The van der Waals surface area contributed by atoms with Gasteiger partial charge in [-0.05, 0) is 95.6 Å². The van der Waals surface area contributed by atoms with Crippen molar-refractivity contribution in [2.45, 2.75) is 50.9 Å². The molecule has 0 spiro atoms. The van der Waals surface area contributed by atoms with Crippen molar-refractivity contribution in [3.8, 4) is 0 Å². The lowest BCUT2D eigenvalue weighted by atomic mass is 9.76. The minimum absolute atomic E-state index is 0.0178. The van der Waals surface area contributed by atoms with Gasteiger partial charge in [0.1, 0.15) is 0 Å². The van der Waals surface area contributed by atoms with Crippen LogP contribution in [0.3, 0.4) is 0 Å². The molecule has 9 heteroatoms. The number of nitrogens with two attached hydrogens (primary N) is 1. The Morgan fingerprint density at radius 2 is 1.69 bits per heavy atom. The van der Waals surface area contributed by atoms with Gasteiger partial charge in [-0.3, -0.25) is 4.79 Å². The van der Waals surface area contributed by atoms with Gasteiger partial charge in [0.05, 0.1) is 10.4 Å². The van der Waals surface area contributed by atoms with Crippen LogP contribution in [-0.2, 0) is 17.6 Å². The number of hydrogen-bond donors (Lipinski definition) is 1. The molecule has 3 heterocycles. The molecule has 1 atom stereocenters. The molecule has 0 saturated carbocycles. The van der Waals surface area contributed by atoms with Crippen LogP contribution in [0.1, 0.15) is 60.4 Å². The summed E-state index contributed by atoms with van der Waals surface area (Å²) in [5, 5.41) is 13.9. The van der Waals surface area contributed by atoms with Crippen LogP contribution in [0.4, 0.5) is 4.79 Å².